The Morgan fingerprint density at radius 3 is 2.71 bits per heavy atom. The predicted octanol–water partition coefficient (Wildman–Crippen LogP) is -0.0643. The molecule has 0 aliphatic rings. The molecule has 0 aliphatic carbocycles. The zero-order chi connectivity index (χ0) is 15.7. The molecule has 0 aliphatic heterocycles. The van der Waals surface area contributed by atoms with E-state index >= 15 is 0 Å². The molecule has 0 radical (unpaired) electrons. The molecule has 1 unspecified atom stereocenters. The van der Waals surface area contributed by atoms with E-state index in [-0.39, 0.29) is 6.61 Å². The van der Waals surface area contributed by atoms with Gasteiger partial charge in [-0.25, -0.2) is 9.78 Å². The Hall–Kier alpha value is -2.19. The number of aromatic nitrogens is 1. The molecule has 0 fully saturated rings. The normalized spacial score (nSPS) is 11.6. The lowest BCUT2D eigenvalue weighted by atomic mass is 10.3. The maximum absolute atomic E-state index is 11.7. The Bertz CT molecular complexity index is 463. The van der Waals surface area contributed by atoms with Crippen molar-refractivity contribution in [3.63, 3.8) is 0 Å². The topological polar surface area (TPSA) is 113 Å². The van der Waals surface area contributed by atoms with Gasteiger partial charge in [-0.2, -0.15) is 0 Å². The van der Waals surface area contributed by atoms with Gasteiger partial charge in [0.2, 0.25) is 5.88 Å². The van der Waals surface area contributed by atoms with Crippen LogP contribution in [0.2, 0.25) is 0 Å². The molecule has 8 nitrogen and oxygen atoms in total. The van der Waals surface area contributed by atoms with Crippen LogP contribution in [-0.4, -0.2) is 49.8 Å². The monoisotopic (exact) mass is 297 g/mol. The van der Waals surface area contributed by atoms with Gasteiger partial charge in [-0.1, -0.05) is 0 Å². The fourth-order valence-electron chi connectivity index (χ4n) is 1.33. The molecule has 0 saturated carbocycles. The van der Waals surface area contributed by atoms with Gasteiger partial charge in [0.05, 0.1) is 25.1 Å². The van der Waals surface area contributed by atoms with E-state index in [1.807, 2.05) is 0 Å². The minimum atomic E-state index is -1.37. The van der Waals surface area contributed by atoms with Crippen LogP contribution in [0, 0.1) is 0 Å². The van der Waals surface area contributed by atoms with Gasteiger partial charge in [-0.05, 0) is 13.0 Å². The van der Waals surface area contributed by atoms with E-state index < -0.39 is 17.9 Å². The minimum absolute atomic E-state index is 0.162. The molecule has 3 N–H and O–H groups in total. The standard InChI is InChI=1S/C13H19N3O5/c1-3-20-13(18)11(14)12(17)16-9-4-5-10(15-8-9)21-7-6-19-2/h4-5,8,11H,3,6-7,14H2,1-2H3,(H,16,17). The molecule has 116 valence electrons. The third-order valence-corrected chi connectivity index (χ3v) is 2.36. The van der Waals surface area contributed by atoms with Crippen LogP contribution in [0.25, 0.3) is 0 Å². The number of nitrogens with zero attached hydrogens (tertiary/aromatic N) is 1. The van der Waals surface area contributed by atoms with Gasteiger partial charge in [0, 0.05) is 13.2 Å². The lowest BCUT2D eigenvalue weighted by Gasteiger charge is -2.11. The zero-order valence-corrected chi connectivity index (χ0v) is 12.0. The Morgan fingerprint density at radius 1 is 1.38 bits per heavy atom. The number of nitrogens with one attached hydrogen (secondary N) is 1. The van der Waals surface area contributed by atoms with Crippen LogP contribution in [0.15, 0.2) is 18.3 Å². The number of hydrogen-bond donors (Lipinski definition) is 2. The number of anilines is 1. The molecule has 1 heterocycles. The first-order valence-electron chi connectivity index (χ1n) is 6.39. The zero-order valence-electron chi connectivity index (χ0n) is 12.0. The summed E-state index contributed by atoms with van der Waals surface area (Å²) in [5.41, 5.74) is 5.86. The molecule has 1 atom stereocenters. The highest BCUT2D eigenvalue weighted by molar-refractivity contribution is 6.08. The molecule has 0 spiro atoms. The lowest BCUT2D eigenvalue weighted by molar-refractivity contribution is -0.146. The van der Waals surface area contributed by atoms with Crippen molar-refractivity contribution in [1.29, 1.82) is 0 Å². The average molecular weight is 297 g/mol. The van der Waals surface area contributed by atoms with Gasteiger partial charge in [0.15, 0.2) is 6.04 Å². The van der Waals surface area contributed by atoms with Crippen molar-refractivity contribution in [3.05, 3.63) is 18.3 Å². The number of esters is 1. The first kappa shape index (κ1) is 16.9. The molecule has 0 aromatic carbocycles. The SMILES string of the molecule is CCOC(=O)C(N)C(=O)Nc1ccc(OCCOC)nc1. The third-order valence-electron chi connectivity index (χ3n) is 2.36. The van der Waals surface area contributed by atoms with Crippen LogP contribution in [0.5, 0.6) is 5.88 Å². The van der Waals surface area contributed by atoms with Gasteiger partial charge < -0.3 is 25.3 Å². The van der Waals surface area contributed by atoms with Gasteiger partial charge in [-0.3, -0.25) is 4.79 Å². The second-order valence-electron chi connectivity index (χ2n) is 3.95. The Morgan fingerprint density at radius 2 is 2.14 bits per heavy atom. The fraction of sp³-hybridized carbons (Fsp3) is 0.462. The van der Waals surface area contributed by atoms with Crippen LogP contribution in [0.4, 0.5) is 5.69 Å². The molecule has 1 aromatic rings. The van der Waals surface area contributed by atoms with Crippen molar-refractivity contribution >= 4 is 17.6 Å². The van der Waals surface area contributed by atoms with E-state index in [1.165, 1.54) is 6.20 Å². The summed E-state index contributed by atoms with van der Waals surface area (Å²) in [6.45, 7) is 2.63. The van der Waals surface area contributed by atoms with Crippen LogP contribution in [0.3, 0.4) is 0 Å². The molecular formula is C13H19N3O5. The fourth-order valence-corrected chi connectivity index (χ4v) is 1.33. The highest BCUT2D eigenvalue weighted by atomic mass is 16.5. The second-order valence-corrected chi connectivity index (χ2v) is 3.95. The van der Waals surface area contributed by atoms with E-state index in [0.717, 1.165) is 0 Å². The maximum Gasteiger partial charge on any atom is 0.332 e. The molecular weight excluding hydrogens is 278 g/mol. The highest BCUT2D eigenvalue weighted by Gasteiger charge is 2.23. The van der Waals surface area contributed by atoms with Crippen molar-refractivity contribution in [1.82, 2.24) is 4.98 Å². The third kappa shape index (κ3) is 5.76. The molecule has 1 amide bonds. The molecule has 1 aromatic heterocycles. The second kappa shape index (κ2) is 8.88. The number of rotatable bonds is 8. The molecule has 21 heavy (non-hydrogen) atoms. The van der Waals surface area contributed by atoms with Gasteiger partial charge in [-0.15, -0.1) is 0 Å². The van der Waals surface area contributed by atoms with Gasteiger partial charge in [0.25, 0.3) is 5.91 Å². The van der Waals surface area contributed by atoms with Crippen molar-refractivity contribution < 1.29 is 23.8 Å². The lowest BCUT2D eigenvalue weighted by Crippen LogP contribution is -2.43. The summed E-state index contributed by atoms with van der Waals surface area (Å²) in [5, 5.41) is 2.47. The van der Waals surface area contributed by atoms with Crippen LogP contribution in [0.1, 0.15) is 6.92 Å². The van der Waals surface area contributed by atoms with Crippen LogP contribution in [-0.2, 0) is 19.1 Å². The average Bonchev–Trinajstić information content (AvgIpc) is 2.48. The summed E-state index contributed by atoms with van der Waals surface area (Å²) in [6, 6.07) is 1.80. The van der Waals surface area contributed by atoms with E-state index in [4.69, 9.17) is 15.2 Å². The Labute approximate surface area is 122 Å². The first-order valence-corrected chi connectivity index (χ1v) is 6.39. The van der Waals surface area contributed by atoms with Gasteiger partial charge in [0.1, 0.15) is 6.61 Å². The molecule has 0 saturated heterocycles. The number of nitrogens with two attached hydrogens (primary N) is 1. The Kier molecular flexibility index (Phi) is 7.13. The number of carbonyl (C=O) groups is 2. The first-order chi connectivity index (χ1) is 10.1. The van der Waals surface area contributed by atoms with Gasteiger partial charge >= 0.3 is 5.97 Å². The number of ether oxygens (including phenoxy) is 3. The molecule has 0 bridgehead atoms. The van der Waals surface area contributed by atoms with Crippen LogP contribution >= 0.6 is 0 Å². The largest absolute Gasteiger partial charge is 0.475 e. The summed E-state index contributed by atoms with van der Waals surface area (Å²) in [4.78, 5) is 27.0. The van der Waals surface area contributed by atoms with E-state index in [2.05, 4.69) is 15.0 Å². The Balaban J connectivity index is 2.51. The summed E-state index contributed by atoms with van der Waals surface area (Å²) < 4.78 is 14.8. The molecule has 1 rings (SSSR count). The summed E-state index contributed by atoms with van der Waals surface area (Å²) >= 11 is 0. The van der Waals surface area contributed by atoms with E-state index in [0.29, 0.717) is 24.8 Å². The number of carbonyl (C=O) groups excluding carboxylic acids is 2. The number of pyridine rings is 1. The number of methoxy groups -OCH3 is 1. The predicted molar refractivity (Wildman–Crippen MR) is 74.8 cm³/mol. The van der Waals surface area contributed by atoms with E-state index in [1.54, 1.807) is 26.2 Å². The number of hydrogen-bond acceptors (Lipinski definition) is 7. The highest BCUT2D eigenvalue weighted by Crippen LogP contribution is 2.11. The van der Waals surface area contributed by atoms with Crippen LogP contribution < -0.4 is 15.8 Å². The van der Waals surface area contributed by atoms with Crippen molar-refractivity contribution in [2.45, 2.75) is 13.0 Å². The number of amides is 1. The van der Waals surface area contributed by atoms with Crippen molar-refractivity contribution in [2.24, 2.45) is 5.73 Å². The smallest absolute Gasteiger partial charge is 0.332 e. The summed E-state index contributed by atoms with van der Waals surface area (Å²) in [6.07, 6.45) is 1.40. The quantitative estimate of drug-likeness (QED) is 0.392. The van der Waals surface area contributed by atoms with Crippen molar-refractivity contribution in [2.75, 3.05) is 32.2 Å². The maximum atomic E-state index is 11.7. The summed E-state index contributed by atoms with van der Waals surface area (Å²) in [5.74, 6) is -1.04. The minimum Gasteiger partial charge on any atom is -0.475 e. The summed E-state index contributed by atoms with van der Waals surface area (Å²) in [7, 11) is 1.57. The van der Waals surface area contributed by atoms with E-state index in [9.17, 15) is 9.59 Å². The molecule has 8 heteroatoms. The van der Waals surface area contributed by atoms with Crippen molar-refractivity contribution in [3.8, 4) is 5.88 Å².